The lowest BCUT2D eigenvalue weighted by atomic mass is 9.95. The molecule has 0 saturated carbocycles. The molecular formula is C26H32N4O3S3. The molecule has 0 saturated heterocycles. The summed E-state index contributed by atoms with van der Waals surface area (Å²) in [7, 11) is 0. The molecule has 1 aliphatic carbocycles. The number of thiophene rings is 2. The van der Waals surface area contributed by atoms with Crippen LogP contribution in [0.25, 0.3) is 11.4 Å². The molecule has 192 valence electrons. The van der Waals surface area contributed by atoms with Crippen LogP contribution in [0.2, 0.25) is 0 Å². The molecule has 0 radical (unpaired) electrons. The highest BCUT2D eigenvalue weighted by Crippen LogP contribution is 2.39. The molecule has 3 aromatic rings. The molecule has 3 heterocycles. The monoisotopic (exact) mass is 544 g/mol. The number of fused-ring (bicyclic) bond motifs is 1. The zero-order valence-electron chi connectivity index (χ0n) is 21.0. The largest absolute Gasteiger partial charge is 0.459 e. The first kappa shape index (κ1) is 26.6. The van der Waals surface area contributed by atoms with Gasteiger partial charge in [0, 0.05) is 27.2 Å². The van der Waals surface area contributed by atoms with Gasteiger partial charge in [0.1, 0.15) is 5.00 Å². The van der Waals surface area contributed by atoms with Crippen LogP contribution in [0.3, 0.4) is 0 Å². The van der Waals surface area contributed by atoms with E-state index in [-0.39, 0.29) is 23.7 Å². The first-order valence-electron chi connectivity index (χ1n) is 12.3. The van der Waals surface area contributed by atoms with Gasteiger partial charge in [-0.15, -0.1) is 39.4 Å². The van der Waals surface area contributed by atoms with Gasteiger partial charge in [-0.25, -0.2) is 4.79 Å². The third-order valence-corrected chi connectivity index (χ3v) is 8.91. The predicted octanol–water partition coefficient (Wildman–Crippen LogP) is 6.38. The van der Waals surface area contributed by atoms with E-state index < -0.39 is 0 Å². The van der Waals surface area contributed by atoms with E-state index in [2.05, 4.69) is 40.5 Å². The number of aromatic nitrogens is 3. The van der Waals surface area contributed by atoms with Crippen LogP contribution < -0.4 is 5.32 Å². The van der Waals surface area contributed by atoms with Crippen molar-refractivity contribution in [2.75, 3.05) is 11.1 Å². The fourth-order valence-corrected chi connectivity index (χ4v) is 7.22. The van der Waals surface area contributed by atoms with E-state index in [0.29, 0.717) is 22.3 Å². The van der Waals surface area contributed by atoms with E-state index in [4.69, 9.17) is 4.74 Å². The highest BCUT2D eigenvalue weighted by Gasteiger charge is 2.28. The number of ether oxygens (including phenoxy) is 1. The maximum atomic E-state index is 13.0. The first-order valence-corrected chi connectivity index (χ1v) is 15.0. The number of rotatable bonds is 11. The molecule has 0 spiro atoms. The van der Waals surface area contributed by atoms with Gasteiger partial charge in [0.05, 0.1) is 17.4 Å². The summed E-state index contributed by atoms with van der Waals surface area (Å²) in [5.74, 6) is 0.385. The van der Waals surface area contributed by atoms with Crippen LogP contribution in [0.15, 0.2) is 29.3 Å². The normalized spacial score (nSPS) is 13.0. The molecule has 0 aliphatic heterocycles. The van der Waals surface area contributed by atoms with Gasteiger partial charge in [0.25, 0.3) is 0 Å². The average molecular weight is 545 g/mol. The number of carbonyl (C=O) groups excluding carboxylic acids is 2. The summed E-state index contributed by atoms with van der Waals surface area (Å²) in [6, 6.07) is 2.16. The third-order valence-electron chi connectivity index (χ3n) is 5.74. The Labute approximate surface area is 224 Å². The summed E-state index contributed by atoms with van der Waals surface area (Å²) in [6.07, 6.45) is 7.64. The fraction of sp³-hybridized carbons (Fsp3) is 0.462. The second-order valence-electron chi connectivity index (χ2n) is 8.96. The Morgan fingerprint density at radius 1 is 1.31 bits per heavy atom. The molecule has 7 nitrogen and oxygen atoms in total. The summed E-state index contributed by atoms with van der Waals surface area (Å²) in [5, 5.41) is 15.1. The zero-order valence-corrected chi connectivity index (χ0v) is 23.4. The SMILES string of the molecule is C=CCn1c(SCC(=O)Nc2sc3c(c2C(=O)OC(C)C)CCCC3)nnc1-c1csc(CCC)c1. The second-order valence-corrected chi connectivity index (χ2v) is 12.0. The number of carbonyl (C=O) groups is 2. The molecule has 0 atom stereocenters. The van der Waals surface area contributed by atoms with Gasteiger partial charge in [0.2, 0.25) is 5.91 Å². The van der Waals surface area contributed by atoms with Gasteiger partial charge in [0.15, 0.2) is 11.0 Å². The number of aryl methyl sites for hydroxylation is 2. The molecular weight excluding hydrogens is 513 g/mol. The van der Waals surface area contributed by atoms with Gasteiger partial charge >= 0.3 is 5.97 Å². The van der Waals surface area contributed by atoms with Crippen LogP contribution in [-0.4, -0.2) is 38.5 Å². The standard InChI is InChI=1S/C26H32N4O3S3/c1-5-9-18-13-17(14-34-18)23-28-29-26(30(23)12-6-2)35-15-21(31)27-24-22(25(32)33-16(3)4)19-10-7-8-11-20(19)36-24/h6,13-14,16H,2,5,7-12,15H2,1,3-4H3,(H,27,31). The molecule has 1 amide bonds. The molecule has 1 N–H and O–H groups in total. The quantitative estimate of drug-likeness (QED) is 0.171. The van der Waals surface area contributed by atoms with Gasteiger partial charge in [-0.3, -0.25) is 9.36 Å². The van der Waals surface area contributed by atoms with Crippen LogP contribution in [0.1, 0.15) is 65.7 Å². The van der Waals surface area contributed by atoms with Crippen molar-refractivity contribution >= 4 is 51.3 Å². The minimum atomic E-state index is -0.360. The molecule has 4 rings (SSSR count). The molecule has 0 aromatic carbocycles. The Morgan fingerprint density at radius 2 is 2.11 bits per heavy atom. The number of anilines is 1. The van der Waals surface area contributed by atoms with E-state index in [1.165, 1.54) is 32.9 Å². The Morgan fingerprint density at radius 3 is 2.86 bits per heavy atom. The van der Waals surface area contributed by atoms with Crippen molar-refractivity contribution in [2.45, 2.75) is 77.1 Å². The van der Waals surface area contributed by atoms with Crippen molar-refractivity contribution in [2.24, 2.45) is 0 Å². The average Bonchev–Trinajstić information content (AvgIpc) is 3.54. The van der Waals surface area contributed by atoms with Gasteiger partial charge in [-0.1, -0.05) is 31.2 Å². The van der Waals surface area contributed by atoms with Crippen molar-refractivity contribution in [3.8, 4) is 11.4 Å². The number of nitrogens with zero attached hydrogens (tertiary/aromatic N) is 3. The van der Waals surface area contributed by atoms with Crippen molar-refractivity contribution < 1.29 is 14.3 Å². The molecule has 0 unspecified atom stereocenters. The lowest BCUT2D eigenvalue weighted by Crippen LogP contribution is -2.19. The number of hydrogen-bond acceptors (Lipinski definition) is 8. The number of allylic oxidation sites excluding steroid dienone is 1. The maximum Gasteiger partial charge on any atom is 0.341 e. The first-order chi connectivity index (χ1) is 17.4. The highest BCUT2D eigenvalue weighted by molar-refractivity contribution is 7.99. The van der Waals surface area contributed by atoms with Crippen LogP contribution in [0.5, 0.6) is 0 Å². The molecule has 1 aliphatic rings. The van der Waals surface area contributed by atoms with Crippen molar-refractivity contribution in [1.29, 1.82) is 0 Å². The van der Waals surface area contributed by atoms with Crippen LogP contribution >= 0.6 is 34.4 Å². The smallest absolute Gasteiger partial charge is 0.341 e. The minimum absolute atomic E-state index is 0.154. The fourth-order valence-electron chi connectivity index (χ4n) is 4.21. The number of nitrogens with one attached hydrogen (secondary N) is 1. The van der Waals surface area contributed by atoms with Gasteiger partial charge in [-0.2, -0.15) is 0 Å². The topological polar surface area (TPSA) is 86.1 Å². The molecule has 10 heteroatoms. The minimum Gasteiger partial charge on any atom is -0.459 e. The summed E-state index contributed by atoms with van der Waals surface area (Å²) in [5.41, 5.74) is 2.60. The third kappa shape index (κ3) is 6.10. The van der Waals surface area contributed by atoms with Crippen LogP contribution in [0.4, 0.5) is 5.00 Å². The molecule has 3 aromatic heterocycles. The number of amides is 1. The Bertz CT molecular complexity index is 1240. The Balaban J connectivity index is 1.49. The lowest BCUT2D eigenvalue weighted by molar-refractivity contribution is -0.113. The molecule has 0 fully saturated rings. The van der Waals surface area contributed by atoms with Crippen molar-refractivity contribution in [1.82, 2.24) is 14.8 Å². The predicted molar refractivity (Wildman–Crippen MR) is 148 cm³/mol. The maximum absolute atomic E-state index is 13.0. The summed E-state index contributed by atoms with van der Waals surface area (Å²) < 4.78 is 7.48. The number of thioether (sulfide) groups is 1. The van der Waals surface area contributed by atoms with Crippen LogP contribution in [0, 0.1) is 0 Å². The molecule has 36 heavy (non-hydrogen) atoms. The van der Waals surface area contributed by atoms with Gasteiger partial charge in [-0.05, 0) is 57.6 Å². The second kappa shape index (κ2) is 12.2. The van der Waals surface area contributed by atoms with Crippen LogP contribution in [-0.2, 0) is 35.3 Å². The Hall–Kier alpha value is -2.43. The molecule has 0 bridgehead atoms. The summed E-state index contributed by atoms with van der Waals surface area (Å²) >= 11 is 4.56. The van der Waals surface area contributed by atoms with E-state index >= 15 is 0 Å². The Kier molecular flexibility index (Phi) is 9.03. The summed E-state index contributed by atoms with van der Waals surface area (Å²) in [6.45, 7) is 10.3. The number of esters is 1. The van der Waals surface area contributed by atoms with E-state index in [1.54, 1.807) is 17.4 Å². The van der Waals surface area contributed by atoms with E-state index in [0.717, 1.165) is 55.5 Å². The van der Waals surface area contributed by atoms with E-state index in [1.807, 2.05) is 18.4 Å². The number of hydrogen-bond donors (Lipinski definition) is 1. The van der Waals surface area contributed by atoms with Gasteiger partial charge < -0.3 is 10.1 Å². The highest BCUT2D eigenvalue weighted by atomic mass is 32.2. The van der Waals surface area contributed by atoms with Crippen molar-refractivity contribution in [3.63, 3.8) is 0 Å². The van der Waals surface area contributed by atoms with E-state index in [9.17, 15) is 9.59 Å². The summed E-state index contributed by atoms with van der Waals surface area (Å²) in [4.78, 5) is 28.3. The zero-order chi connectivity index (χ0) is 25.7. The van der Waals surface area contributed by atoms with Crippen molar-refractivity contribution in [3.05, 3.63) is 45.0 Å². The lowest BCUT2D eigenvalue weighted by Gasteiger charge is -2.14.